The van der Waals surface area contributed by atoms with E-state index in [1.165, 1.54) is 35.8 Å². The van der Waals surface area contributed by atoms with Gasteiger partial charge in [0.2, 0.25) is 0 Å². The van der Waals surface area contributed by atoms with Crippen molar-refractivity contribution in [2.24, 2.45) is 0 Å². The van der Waals surface area contributed by atoms with Gasteiger partial charge in [0, 0.05) is 6.07 Å². The molecule has 17 heteroatoms. The van der Waals surface area contributed by atoms with Crippen LogP contribution in [0.4, 0.5) is 40.9 Å². The van der Waals surface area contributed by atoms with Gasteiger partial charge in [-0.25, -0.2) is 18.7 Å². The highest BCUT2D eigenvalue weighted by atomic mass is 19.4. The number of alkyl halides is 6. The van der Waals surface area contributed by atoms with Gasteiger partial charge < -0.3 is 20.1 Å². The summed E-state index contributed by atoms with van der Waals surface area (Å²) in [5, 5.41) is 28.7. The fourth-order valence-corrected chi connectivity index (χ4v) is 3.24. The number of nitrogens with zero attached hydrogens (tertiary/aromatic N) is 5. The van der Waals surface area contributed by atoms with Crippen molar-refractivity contribution >= 4 is 5.82 Å². The molecule has 0 spiro atoms. The molecule has 0 amide bonds. The monoisotopic (exact) mass is 550 g/mol. The maximum Gasteiger partial charge on any atom is 0.428 e. The van der Waals surface area contributed by atoms with Crippen molar-refractivity contribution in [3.63, 3.8) is 0 Å². The summed E-state index contributed by atoms with van der Waals surface area (Å²) in [5.74, 6) is -4.16. The Bertz CT molecular complexity index is 1400. The standard InChI is InChI=1S/C21H14F8N6O3/c22-11-2-1-3-16(36)10(11)8-35-15(13-4-5-38-34-13)6-14(33-35)18-30-7-12(23)17(32-18)31-9-19(37,20(24,25)26)21(27,28)29/h1-7,36-37H,8-9H2,(H,30,31,32). The minimum Gasteiger partial charge on any atom is -0.507 e. The topological polar surface area (TPSA) is 122 Å². The predicted octanol–water partition coefficient (Wildman–Crippen LogP) is 4.29. The van der Waals surface area contributed by atoms with Crippen molar-refractivity contribution in [2.75, 3.05) is 11.9 Å². The van der Waals surface area contributed by atoms with Crippen LogP contribution in [0.15, 0.2) is 47.3 Å². The van der Waals surface area contributed by atoms with Crippen molar-refractivity contribution in [3.05, 3.63) is 60.0 Å². The molecule has 0 unspecified atom stereocenters. The smallest absolute Gasteiger partial charge is 0.428 e. The van der Waals surface area contributed by atoms with Gasteiger partial charge in [0.05, 0.1) is 30.5 Å². The van der Waals surface area contributed by atoms with E-state index in [0.29, 0.717) is 6.20 Å². The molecule has 0 bridgehead atoms. The largest absolute Gasteiger partial charge is 0.507 e. The van der Waals surface area contributed by atoms with Gasteiger partial charge in [0.25, 0.3) is 5.60 Å². The van der Waals surface area contributed by atoms with E-state index in [4.69, 9.17) is 4.52 Å². The number of aromatic hydroxyl groups is 1. The van der Waals surface area contributed by atoms with Gasteiger partial charge in [0.1, 0.15) is 29.2 Å². The average Bonchev–Trinajstić information content (AvgIpc) is 3.49. The van der Waals surface area contributed by atoms with Gasteiger partial charge >= 0.3 is 12.4 Å². The van der Waals surface area contributed by atoms with Crippen LogP contribution in [0, 0.1) is 11.6 Å². The molecule has 1 aromatic carbocycles. The quantitative estimate of drug-likeness (QED) is 0.292. The zero-order valence-electron chi connectivity index (χ0n) is 18.5. The van der Waals surface area contributed by atoms with E-state index in [-0.39, 0.29) is 29.2 Å². The van der Waals surface area contributed by atoms with Crippen LogP contribution < -0.4 is 5.32 Å². The molecule has 0 radical (unpaired) electrons. The van der Waals surface area contributed by atoms with Crippen LogP contribution in [0.1, 0.15) is 5.56 Å². The first-order valence-electron chi connectivity index (χ1n) is 10.3. The molecular weight excluding hydrogens is 536 g/mol. The van der Waals surface area contributed by atoms with Crippen molar-refractivity contribution in [2.45, 2.75) is 24.5 Å². The Morgan fingerprint density at radius 1 is 0.974 bits per heavy atom. The second-order valence-electron chi connectivity index (χ2n) is 7.79. The average molecular weight is 550 g/mol. The Morgan fingerprint density at radius 3 is 2.29 bits per heavy atom. The summed E-state index contributed by atoms with van der Waals surface area (Å²) in [6, 6.07) is 6.23. The molecule has 0 aliphatic heterocycles. The number of benzene rings is 1. The van der Waals surface area contributed by atoms with Crippen LogP contribution in [-0.2, 0) is 6.54 Å². The second kappa shape index (κ2) is 9.55. The molecule has 38 heavy (non-hydrogen) atoms. The van der Waals surface area contributed by atoms with Crippen LogP contribution >= 0.6 is 0 Å². The lowest BCUT2D eigenvalue weighted by Crippen LogP contribution is -2.61. The van der Waals surface area contributed by atoms with Crippen LogP contribution in [0.25, 0.3) is 22.9 Å². The van der Waals surface area contributed by atoms with Crippen molar-refractivity contribution in [3.8, 4) is 28.7 Å². The maximum atomic E-state index is 14.3. The number of aliphatic hydroxyl groups is 1. The minimum atomic E-state index is -6.14. The molecule has 9 nitrogen and oxygen atoms in total. The van der Waals surface area contributed by atoms with E-state index < -0.39 is 53.5 Å². The number of aromatic nitrogens is 5. The number of phenolic OH excluding ortho intramolecular Hbond substituents is 1. The lowest BCUT2D eigenvalue weighted by molar-refractivity contribution is -0.362. The van der Waals surface area contributed by atoms with Gasteiger partial charge in [0.15, 0.2) is 17.5 Å². The van der Waals surface area contributed by atoms with E-state index in [1.807, 2.05) is 0 Å². The Labute approximate surface area is 206 Å². The normalized spacial score (nSPS) is 12.7. The first-order valence-corrected chi connectivity index (χ1v) is 10.3. The lowest BCUT2D eigenvalue weighted by atomic mass is 10.0. The number of anilines is 1. The summed E-state index contributed by atoms with van der Waals surface area (Å²) < 4.78 is 112. The minimum absolute atomic E-state index is 0.155. The Balaban J connectivity index is 1.71. The van der Waals surface area contributed by atoms with E-state index in [2.05, 4.69) is 20.2 Å². The molecule has 0 aliphatic carbocycles. The fraction of sp³-hybridized carbons (Fsp3) is 0.238. The summed E-state index contributed by atoms with van der Waals surface area (Å²) in [6.45, 7) is -2.57. The maximum absolute atomic E-state index is 14.3. The third kappa shape index (κ3) is 4.96. The Kier molecular flexibility index (Phi) is 6.73. The fourth-order valence-electron chi connectivity index (χ4n) is 3.24. The van der Waals surface area contributed by atoms with Crippen LogP contribution in [0.3, 0.4) is 0 Å². The van der Waals surface area contributed by atoms with Crippen LogP contribution in [-0.4, -0.2) is 59.6 Å². The number of nitrogens with one attached hydrogen (secondary N) is 1. The van der Waals surface area contributed by atoms with Crippen molar-refractivity contribution in [1.29, 1.82) is 0 Å². The summed E-state index contributed by atoms with van der Waals surface area (Å²) >= 11 is 0. The van der Waals surface area contributed by atoms with E-state index in [1.54, 1.807) is 0 Å². The third-order valence-corrected chi connectivity index (χ3v) is 5.31. The van der Waals surface area contributed by atoms with Gasteiger partial charge in [-0.2, -0.15) is 31.4 Å². The molecule has 4 aromatic rings. The molecule has 0 saturated carbocycles. The highest BCUT2D eigenvalue weighted by Gasteiger charge is 2.70. The summed E-state index contributed by atoms with van der Waals surface area (Å²) in [7, 11) is 0. The number of hydrogen-bond acceptors (Lipinski definition) is 8. The number of rotatable bonds is 7. The Hall–Kier alpha value is -4.28. The van der Waals surface area contributed by atoms with Crippen molar-refractivity contribution in [1.82, 2.24) is 24.9 Å². The zero-order valence-corrected chi connectivity index (χ0v) is 18.5. The summed E-state index contributed by atoms with van der Waals surface area (Å²) in [5.41, 5.74) is -5.24. The highest BCUT2D eigenvalue weighted by Crippen LogP contribution is 2.43. The number of hydrogen-bond donors (Lipinski definition) is 3. The molecule has 3 heterocycles. The molecule has 0 atom stereocenters. The lowest BCUT2D eigenvalue weighted by Gasteiger charge is -2.32. The summed E-state index contributed by atoms with van der Waals surface area (Å²) in [4.78, 5) is 7.25. The van der Waals surface area contributed by atoms with Gasteiger partial charge in [-0.05, 0) is 18.2 Å². The van der Waals surface area contributed by atoms with Crippen molar-refractivity contribution < 1.29 is 49.9 Å². The second-order valence-corrected chi connectivity index (χ2v) is 7.79. The zero-order chi connectivity index (χ0) is 27.9. The first-order chi connectivity index (χ1) is 17.7. The van der Waals surface area contributed by atoms with E-state index in [0.717, 1.165) is 10.7 Å². The molecule has 3 N–H and O–H groups in total. The predicted molar refractivity (Wildman–Crippen MR) is 111 cm³/mol. The molecule has 3 aromatic heterocycles. The van der Waals surface area contributed by atoms with E-state index in [9.17, 15) is 45.3 Å². The van der Waals surface area contributed by atoms with Gasteiger partial charge in [-0.15, -0.1) is 0 Å². The molecule has 0 saturated heterocycles. The number of halogens is 8. The Morgan fingerprint density at radius 2 is 1.68 bits per heavy atom. The first kappa shape index (κ1) is 26.8. The SMILES string of the molecule is Oc1cccc(F)c1Cn1nc(-c2ncc(F)c(NCC(O)(C(F)(F)F)C(F)(F)F)n2)cc1-c1ccon1. The number of phenols is 1. The molecule has 4 rings (SSSR count). The highest BCUT2D eigenvalue weighted by molar-refractivity contribution is 5.63. The molecule has 0 fully saturated rings. The molecular formula is C21H14F8N6O3. The van der Waals surface area contributed by atoms with Crippen LogP contribution in [0.5, 0.6) is 5.75 Å². The summed E-state index contributed by atoms with van der Waals surface area (Å²) in [6.07, 6.45) is -10.6. The van der Waals surface area contributed by atoms with E-state index >= 15 is 0 Å². The molecule has 202 valence electrons. The van der Waals surface area contributed by atoms with Crippen LogP contribution in [0.2, 0.25) is 0 Å². The van der Waals surface area contributed by atoms with Gasteiger partial charge in [-0.1, -0.05) is 11.2 Å². The van der Waals surface area contributed by atoms with Gasteiger partial charge in [-0.3, -0.25) is 4.68 Å². The molecule has 0 aliphatic rings. The third-order valence-electron chi connectivity index (χ3n) is 5.31.